The first kappa shape index (κ1) is 19.2. The number of nitrogens with zero attached hydrogens (tertiary/aromatic N) is 1. The number of hydrazone groups is 1. The number of amides is 2. The smallest absolute Gasteiger partial charge is 0.291 e. The van der Waals surface area contributed by atoms with Gasteiger partial charge in [0.1, 0.15) is 5.75 Å². The molecule has 0 aliphatic rings. The zero-order chi connectivity index (χ0) is 20.1. The molecule has 0 aliphatic carbocycles. The standard InChI is InChI=1S/C20H16ClN3O4/c1-12(23-24-19(26)16-11-14(21)7-8-17(16)25)13-4-2-5-15(10-13)22-20(27)18-6-3-9-28-18/h2-11,25H,1H3,(H,22,27)(H,24,26). The fourth-order valence-corrected chi connectivity index (χ4v) is 2.54. The first-order chi connectivity index (χ1) is 13.4. The second-order valence-corrected chi connectivity index (χ2v) is 6.25. The molecule has 28 heavy (non-hydrogen) atoms. The average molecular weight is 398 g/mol. The van der Waals surface area contributed by atoms with Gasteiger partial charge in [-0.05, 0) is 55.0 Å². The zero-order valence-corrected chi connectivity index (χ0v) is 15.5. The lowest BCUT2D eigenvalue weighted by molar-refractivity contribution is 0.0951. The number of phenolic OH excluding ortho intramolecular Hbond substituents is 1. The minimum atomic E-state index is -0.596. The molecule has 0 unspecified atom stereocenters. The summed E-state index contributed by atoms with van der Waals surface area (Å²) in [6, 6.07) is 14.3. The van der Waals surface area contributed by atoms with Gasteiger partial charge in [0.25, 0.3) is 11.8 Å². The molecule has 3 rings (SSSR count). The van der Waals surface area contributed by atoms with Gasteiger partial charge in [-0.15, -0.1) is 0 Å². The molecule has 142 valence electrons. The van der Waals surface area contributed by atoms with Crippen molar-refractivity contribution in [2.24, 2.45) is 5.10 Å². The number of halogens is 1. The van der Waals surface area contributed by atoms with Gasteiger partial charge in [0.2, 0.25) is 0 Å². The Balaban J connectivity index is 1.71. The number of benzene rings is 2. The predicted octanol–water partition coefficient (Wildman–Crippen LogP) is 4.04. The van der Waals surface area contributed by atoms with Crippen molar-refractivity contribution < 1.29 is 19.1 Å². The van der Waals surface area contributed by atoms with E-state index in [-0.39, 0.29) is 23.0 Å². The van der Waals surface area contributed by atoms with E-state index in [9.17, 15) is 14.7 Å². The van der Waals surface area contributed by atoms with Crippen LogP contribution in [0.5, 0.6) is 5.75 Å². The maximum Gasteiger partial charge on any atom is 0.291 e. The highest BCUT2D eigenvalue weighted by atomic mass is 35.5. The molecule has 0 bridgehead atoms. The van der Waals surface area contributed by atoms with Gasteiger partial charge in [-0.3, -0.25) is 9.59 Å². The van der Waals surface area contributed by atoms with Crippen molar-refractivity contribution >= 4 is 34.8 Å². The third-order valence-corrected chi connectivity index (χ3v) is 4.05. The minimum absolute atomic E-state index is 0.0171. The van der Waals surface area contributed by atoms with E-state index < -0.39 is 5.91 Å². The average Bonchev–Trinajstić information content (AvgIpc) is 3.23. The van der Waals surface area contributed by atoms with Crippen molar-refractivity contribution in [3.63, 3.8) is 0 Å². The van der Waals surface area contributed by atoms with Gasteiger partial charge in [0.15, 0.2) is 5.76 Å². The Kier molecular flexibility index (Phi) is 5.76. The van der Waals surface area contributed by atoms with E-state index in [0.29, 0.717) is 22.0 Å². The third kappa shape index (κ3) is 4.57. The zero-order valence-electron chi connectivity index (χ0n) is 14.8. The van der Waals surface area contributed by atoms with Crippen LogP contribution in [0.15, 0.2) is 70.4 Å². The molecule has 7 nitrogen and oxygen atoms in total. The summed E-state index contributed by atoms with van der Waals surface area (Å²) in [6.45, 7) is 1.70. The number of phenols is 1. The van der Waals surface area contributed by atoms with Crippen LogP contribution in [-0.2, 0) is 0 Å². The lowest BCUT2D eigenvalue weighted by atomic mass is 10.1. The summed E-state index contributed by atoms with van der Waals surface area (Å²) in [4.78, 5) is 24.3. The van der Waals surface area contributed by atoms with Crippen LogP contribution in [0.2, 0.25) is 5.02 Å². The Morgan fingerprint density at radius 3 is 2.64 bits per heavy atom. The SMILES string of the molecule is CC(=NNC(=O)c1cc(Cl)ccc1O)c1cccc(NC(=O)c2ccco2)c1. The van der Waals surface area contributed by atoms with Crippen molar-refractivity contribution in [2.75, 3.05) is 5.32 Å². The molecule has 2 amide bonds. The summed E-state index contributed by atoms with van der Waals surface area (Å²) in [5.41, 5.74) is 4.13. The maximum absolute atomic E-state index is 12.2. The number of hydrogen-bond donors (Lipinski definition) is 3. The van der Waals surface area contributed by atoms with Crippen molar-refractivity contribution in [3.05, 3.63) is 82.8 Å². The Morgan fingerprint density at radius 2 is 1.89 bits per heavy atom. The topological polar surface area (TPSA) is 104 Å². The Bertz CT molecular complexity index is 1050. The molecule has 1 aromatic heterocycles. The molecule has 2 aromatic carbocycles. The molecule has 0 fully saturated rings. The predicted molar refractivity (Wildman–Crippen MR) is 106 cm³/mol. The van der Waals surface area contributed by atoms with Crippen LogP contribution in [-0.4, -0.2) is 22.6 Å². The fraction of sp³-hybridized carbons (Fsp3) is 0.0500. The highest BCUT2D eigenvalue weighted by Crippen LogP contribution is 2.21. The molecule has 3 aromatic rings. The van der Waals surface area contributed by atoms with Crippen molar-refractivity contribution in [1.82, 2.24) is 5.43 Å². The summed E-state index contributed by atoms with van der Waals surface area (Å²) >= 11 is 5.85. The van der Waals surface area contributed by atoms with Gasteiger partial charge in [-0.1, -0.05) is 23.7 Å². The molecule has 1 heterocycles. The fourth-order valence-electron chi connectivity index (χ4n) is 2.37. The van der Waals surface area contributed by atoms with Crippen LogP contribution in [0.4, 0.5) is 5.69 Å². The second kappa shape index (κ2) is 8.41. The van der Waals surface area contributed by atoms with E-state index in [1.165, 1.54) is 24.5 Å². The lowest BCUT2D eigenvalue weighted by Gasteiger charge is -2.07. The van der Waals surface area contributed by atoms with Gasteiger partial charge in [-0.2, -0.15) is 5.10 Å². The molecular formula is C20H16ClN3O4. The molecule has 0 atom stereocenters. The summed E-state index contributed by atoms with van der Waals surface area (Å²) in [7, 11) is 0. The highest BCUT2D eigenvalue weighted by Gasteiger charge is 2.12. The molecule has 0 aliphatic heterocycles. The molecule has 0 saturated heterocycles. The number of hydrogen-bond acceptors (Lipinski definition) is 5. The van der Waals surface area contributed by atoms with Crippen LogP contribution < -0.4 is 10.7 Å². The number of rotatable bonds is 5. The van der Waals surface area contributed by atoms with Gasteiger partial charge >= 0.3 is 0 Å². The molecule has 0 spiro atoms. The molecule has 3 N–H and O–H groups in total. The van der Waals surface area contributed by atoms with Gasteiger partial charge in [-0.25, -0.2) is 5.43 Å². The molecule has 8 heteroatoms. The Morgan fingerprint density at radius 1 is 1.07 bits per heavy atom. The Hall–Kier alpha value is -3.58. The van der Waals surface area contributed by atoms with E-state index in [0.717, 1.165) is 0 Å². The summed E-state index contributed by atoms with van der Waals surface area (Å²) < 4.78 is 5.06. The summed E-state index contributed by atoms with van der Waals surface area (Å²) in [5.74, 6) is -0.968. The van der Waals surface area contributed by atoms with E-state index in [4.69, 9.17) is 16.0 Å². The number of furan rings is 1. The van der Waals surface area contributed by atoms with E-state index in [2.05, 4.69) is 15.8 Å². The third-order valence-electron chi connectivity index (χ3n) is 3.81. The van der Waals surface area contributed by atoms with Gasteiger partial charge < -0.3 is 14.8 Å². The van der Waals surface area contributed by atoms with E-state index in [1.807, 2.05) is 0 Å². The monoisotopic (exact) mass is 397 g/mol. The lowest BCUT2D eigenvalue weighted by Crippen LogP contribution is -2.19. The Labute approximate surface area is 165 Å². The number of anilines is 1. The van der Waals surface area contributed by atoms with Gasteiger partial charge in [0, 0.05) is 10.7 Å². The van der Waals surface area contributed by atoms with E-state index in [1.54, 1.807) is 43.3 Å². The van der Waals surface area contributed by atoms with Crippen molar-refractivity contribution in [2.45, 2.75) is 6.92 Å². The van der Waals surface area contributed by atoms with Gasteiger partial charge in [0.05, 0.1) is 17.5 Å². The molecular weight excluding hydrogens is 382 g/mol. The van der Waals surface area contributed by atoms with Crippen LogP contribution in [0, 0.1) is 0 Å². The van der Waals surface area contributed by atoms with Crippen molar-refractivity contribution in [1.29, 1.82) is 0 Å². The molecule has 0 saturated carbocycles. The second-order valence-electron chi connectivity index (χ2n) is 5.81. The first-order valence-corrected chi connectivity index (χ1v) is 8.60. The number of nitrogens with one attached hydrogen (secondary N) is 2. The van der Waals surface area contributed by atoms with E-state index >= 15 is 0 Å². The summed E-state index contributed by atoms with van der Waals surface area (Å²) in [6.07, 6.45) is 1.42. The number of carbonyl (C=O) groups is 2. The normalized spacial score (nSPS) is 11.1. The van der Waals surface area contributed by atoms with Crippen LogP contribution in [0.25, 0.3) is 0 Å². The van der Waals surface area contributed by atoms with Crippen LogP contribution >= 0.6 is 11.6 Å². The quantitative estimate of drug-likeness (QED) is 0.446. The molecule has 0 radical (unpaired) electrons. The van der Waals surface area contributed by atoms with Crippen LogP contribution in [0.3, 0.4) is 0 Å². The van der Waals surface area contributed by atoms with Crippen LogP contribution in [0.1, 0.15) is 33.4 Å². The summed E-state index contributed by atoms with van der Waals surface area (Å²) in [5, 5.41) is 16.9. The minimum Gasteiger partial charge on any atom is -0.507 e. The number of carbonyl (C=O) groups excluding carboxylic acids is 2. The first-order valence-electron chi connectivity index (χ1n) is 8.22. The van der Waals surface area contributed by atoms with Crippen molar-refractivity contribution in [3.8, 4) is 5.75 Å². The number of aromatic hydroxyl groups is 1. The highest BCUT2D eigenvalue weighted by molar-refractivity contribution is 6.31. The largest absolute Gasteiger partial charge is 0.507 e. The maximum atomic E-state index is 12.2.